The van der Waals surface area contributed by atoms with Crippen molar-refractivity contribution in [1.82, 2.24) is 29.9 Å². The van der Waals surface area contributed by atoms with Crippen LogP contribution >= 0.6 is 11.6 Å². The molecule has 4 aliphatic heterocycles. The molecule has 0 radical (unpaired) electrons. The Hall–Kier alpha value is -3.36. The summed E-state index contributed by atoms with van der Waals surface area (Å²) in [7, 11) is 0. The predicted octanol–water partition coefficient (Wildman–Crippen LogP) is 3.23. The van der Waals surface area contributed by atoms with E-state index in [0.717, 1.165) is 56.2 Å². The second-order valence-corrected chi connectivity index (χ2v) is 12.8. The lowest BCUT2D eigenvalue weighted by atomic mass is 9.97. The molecule has 11 nitrogen and oxygen atoms in total. The first-order valence-corrected chi connectivity index (χ1v) is 15.9. The van der Waals surface area contributed by atoms with Crippen LogP contribution in [0.2, 0.25) is 0 Å². The highest BCUT2D eigenvalue weighted by Gasteiger charge is 2.39. The third-order valence-electron chi connectivity index (χ3n) is 9.41. The molecule has 2 aromatic heterocycles. The van der Waals surface area contributed by atoms with Crippen LogP contribution in [0, 0.1) is 0 Å². The Morgan fingerprint density at radius 2 is 1.76 bits per heavy atom. The molecule has 14 heteroatoms. The molecule has 7 rings (SSSR count). The highest BCUT2D eigenvalue weighted by atomic mass is 35.5. The first-order chi connectivity index (χ1) is 21.7. The molecule has 3 N–H and O–H groups in total. The van der Waals surface area contributed by atoms with Gasteiger partial charge in [0.25, 0.3) is 5.91 Å². The number of piperidine rings is 1. The Morgan fingerprint density at radius 3 is 2.40 bits per heavy atom. The van der Waals surface area contributed by atoms with Crippen molar-refractivity contribution < 1.29 is 23.4 Å². The largest absolute Gasteiger partial charge is 0.487 e. The molecule has 1 aromatic carbocycles. The van der Waals surface area contributed by atoms with Gasteiger partial charge in [0.2, 0.25) is 0 Å². The molecule has 0 aliphatic carbocycles. The van der Waals surface area contributed by atoms with Gasteiger partial charge in [0.15, 0.2) is 0 Å². The Morgan fingerprint density at radius 1 is 1.00 bits per heavy atom. The number of aliphatic hydroxyl groups is 1. The summed E-state index contributed by atoms with van der Waals surface area (Å²) in [5.74, 6) is 0.154. The molecule has 4 saturated heterocycles. The highest BCUT2D eigenvalue weighted by Crippen LogP contribution is 2.34. The number of nitrogens with one attached hydrogen (secondary N) is 2. The molecule has 6 heterocycles. The summed E-state index contributed by atoms with van der Waals surface area (Å²) >= 11 is 4.83. The number of alkyl halides is 3. The Kier molecular flexibility index (Phi) is 8.38. The number of hydrogen-bond donors (Lipinski definition) is 3. The number of anilines is 2. The zero-order chi connectivity index (χ0) is 31.1. The summed E-state index contributed by atoms with van der Waals surface area (Å²) in [6, 6.07) is 8.95. The summed E-state index contributed by atoms with van der Waals surface area (Å²) in [5, 5.41) is 21.1. The molecular formula is C31H37ClF2N8O3. The van der Waals surface area contributed by atoms with Crippen molar-refractivity contribution in [2.24, 2.45) is 0 Å². The van der Waals surface area contributed by atoms with E-state index in [4.69, 9.17) is 16.7 Å². The Balaban J connectivity index is 1.04. The molecule has 0 saturated carbocycles. The van der Waals surface area contributed by atoms with Gasteiger partial charge in [-0.05, 0) is 49.6 Å². The number of carbonyl (C=O) groups excluding carboxylic acids is 1. The highest BCUT2D eigenvalue weighted by molar-refractivity contribution is 6.20. The molecule has 0 unspecified atom stereocenters. The lowest BCUT2D eigenvalue weighted by Crippen LogP contribution is -2.69. The molecule has 0 spiro atoms. The first-order valence-electron chi connectivity index (χ1n) is 15.5. The van der Waals surface area contributed by atoms with E-state index in [9.17, 15) is 18.7 Å². The number of carbonyl (C=O) groups is 1. The van der Waals surface area contributed by atoms with Crippen molar-refractivity contribution in [2.45, 2.75) is 49.1 Å². The smallest absolute Gasteiger partial charge is 0.420 e. The number of pyridine rings is 1. The number of benzene rings is 1. The second-order valence-electron chi connectivity index (χ2n) is 12.4. The van der Waals surface area contributed by atoms with Crippen molar-refractivity contribution in [1.29, 1.82) is 0 Å². The van der Waals surface area contributed by atoms with Crippen LogP contribution in [0.4, 0.5) is 20.3 Å². The Labute approximate surface area is 265 Å². The van der Waals surface area contributed by atoms with Gasteiger partial charge < -0.3 is 25.4 Å². The number of halogens is 3. The minimum atomic E-state index is -3.82. The molecule has 3 aromatic rings. The quantitative estimate of drug-likeness (QED) is 0.303. The predicted molar refractivity (Wildman–Crippen MR) is 166 cm³/mol. The SMILES string of the molecule is O=C(Nc1ccc(OC(F)(F)Cl)cc1)c1cnc(N2CC[C@@H](O)C2)c(-c2cnn(C3CCN(C4CN(C5CNC5)C4)CC3)c2)c1. The van der Waals surface area contributed by atoms with E-state index in [2.05, 4.69) is 30.2 Å². The molecule has 0 bridgehead atoms. The fraction of sp³-hybridized carbons (Fsp3) is 0.516. The van der Waals surface area contributed by atoms with Gasteiger partial charge in [-0.15, -0.1) is 8.78 Å². The monoisotopic (exact) mass is 642 g/mol. The zero-order valence-electron chi connectivity index (χ0n) is 24.8. The van der Waals surface area contributed by atoms with Crippen molar-refractivity contribution in [2.75, 3.05) is 62.6 Å². The molecular weight excluding hydrogens is 606 g/mol. The third-order valence-corrected chi connectivity index (χ3v) is 9.48. The number of hydrogen-bond acceptors (Lipinski definition) is 9. The fourth-order valence-corrected chi connectivity index (χ4v) is 6.75. The molecule has 240 valence electrons. The normalized spacial score (nSPS) is 22.3. The van der Waals surface area contributed by atoms with Gasteiger partial charge in [0.05, 0.1) is 23.9 Å². The van der Waals surface area contributed by atoms with Crippen LogP contribution in [0.15, 0.2) is 48.9 Å². The van der Waals surface area contributed by atoms with E-state index in [1.807, 2.05) is 22.0 Å². The maximum atomic E-state index is 13.2. The number of ether oxygens (including phenoxy) is 1. The lowest BCUT2D eigenvalue weighted by molar-refractivity contribution is -0.0964. The van der Waals surface area contributed by atoms with Gasteiger partial charge in [-0.25, -0.2) is 4.98 Å². The summed E-state index contributed by atoms with van der Waals surface area (Å²) in [4.78, 5) is 25.1. The average Bonchev–Trinajstić information content (AvgIpc) is 3.63. The van der Waals surface area contributed by atoms with Crippen molar-refractivity contribution in [3.8, 4) is 16.9 Å². The minimum Gasteiger partial charge on any atom is -0.420 e. The van der Waals surface area contributed by atoms with Gasteiger partial charge in [-0.2, -0.15) is 5.10 Å². The first kappa shape index (κ1) is 30.3. The van der Waals surface area contributed by atoms with Crippen molar-refractivity contribution in [3.63, 3.8) is 0 Å². The average molecular weight is 643 g/mol. The van der Waals surface area contributed by atoms with Gasteiger partial charge in [-0.3, -0.25) is 19.3 Å². The summed E-state index contributed by atoms with van der Waals surface area (Å²) in [5.41, 5.74) is -1.49. The molecule has 4 aliphatic rings. The number of nitrogens with zero attached hydrogens (tertiary/aromatic N) is 6. The van der Waals surface area contributed by atoms with Crippen LogP contribution in [0.25, 0.3) is 11.1 Å². The number of β-amino-alcohol motifs (C(OH)–C–C–N with tert-alkyl or cyclic N) is 1. The number of likely N-dealkylation sites (tertiary alicyclic amines) is 2. The molecule has 1 amide bonds. The van der Waals surface area contributed by atoms with E-state index in [-0.39, 0.29) is 5.75 Å². The van der Waals surface area contributed by atoms with Gasteiger partial charge >= 0.3 is 5.57 Å². The molecule has 45 heavy (non-hydrogen) atoms. The zero-order valence-corrected chi connectivity index (χ0v) is 25.5. The van der Waals surface area contributed by atoms with E-state index in [1.54, 1.807) is 6.07 Å². The minimum absolute atomic E-state index is 0.131. The molecule has 1 atom stereocenters. The van der Waals surface area contributed by atoms with E-state index in [1.165, 1.54) is 43.6 Å². The van der Waals surface area contributed by atoms with Crippen LogP contribution < -0.4 is 20.3 Å². The topological polar surface area (TPSA) is 111 Å². The Bertz CT molecular complexity index is 1500. The van der Waals surface area contributed by atoms with E-state index < -0.39 is 17.6 Å². The van der Waals surface area contributed by atoms with Crippen molar-refractivity contribution >= 4 is 29.0 Å². The van der Waals surface area contributed by atoms with E-state index in [0.29, 0.717) is 48.7 Å². The van der Waals surface area contributed by atoms with Gasteiger partial charge in [-0.1, -0.05) is 0 Å². The molecule has 4 fully saturated rings. The van der Waals surface area contributed by atoms with Gasteiger partial charge in [0.1, 0.15) is 11.6 Å². The third kappa shape index (κ3) is 6.77. The number of aromatic nitrogens is 3. The van der Waals surface area contributed by atoms with Gasteiger partial charge in [0, 0.05) is 105 Å². The maximum absolute atomic E-state index is 13.2. The van der Waals surface area contributed by atoms with Crippen LogP contribution in [0.3, 0.4) is 0 Å². The van der Waals surface area contributed by atoms with Crippen molar-refractivity contribution in [3.05, 3.63) is 54.5 Å². The van der Waals surface area contributed by atoms with Crippen LogP contribution in [0.1, 0.15) is 35.7 Å². The van der Waals surface area contributed by atoms with E-state index >= 15 is 0 Å². The number of amides is 1. The second kappa shape index (κ2) is 12.4. The lowest BCUT2D eigenvalue weighted by Gasteiger charge is -2.52. The summed E-state index contributed by atoms with van der Waals surface area (Å²) in [6.45, 7) is 7.79. The van der Waals surface area contributed by atoms with Crippen LogP contribution in [-0.4, -0.2) is 112 Å². The maximum Gasteiger partial charge on any atom is 0.487 e. The van der Waals surface area contributed by atoms with Crippen LogP contribution in [-0.2, 0) is 0 Å². The number of rotatable bonds is 9. The summed E-state index contributed by atoms with van der Waals surface area (Å²) in [6.07, 6.45) is 7.63. The fourth-order valence-electron chi connectivity index (χ4n) is 6.66. The number of aliphatic hydroxyl groups excluding tert-OH is 1. The standard InChI is InChI=1S/C31H37ClF2N8O3/c32-31(33,34)45-27-3-1-22(2-4-27)38-30(44)20-11-28(29(36-12-20)40-10-7-26(43)19-40)21-13-37-42(16-21)23-5-8-39(9-6-23)25-17-41(18-25)24-14-35-15-24/h1-4,11-13,16,23-26,35,43H,5-10,14-15,17-19H2,(H,38,44)/t26-/m1/s1. The summed E-state index contributed by atoms with van der Waals surface area (Å²) < 4.78 is 32.3. The van der Waals surface area contributed by atoms with Crippen LogP contribution in [0.5, 0.6) is 5.75 Å².